The fraction of sp³-hybridized carbons (Fsp3) is 0.357. The van der Waals surface area contributed by atoms with Crippen molar-refractivity contribution < 1.29 is 0 Å². The predicted octanol–water partition coefficient (Wildman–Crippen LogP) is 1.87. The molecule has 0 aliphatic heterocycles. The van der Waals surface area contributed by atoms with Crippen LogP contribution in [0.3, 0.4) is 0 Å². The number of aryl methyl sites for hydroxylation is 3. The Hall–Kier alpha value is -1.65. The quantitative estimate of drug-likeness (QED) is 0.623. The van der Waals surface area contributed by atoms with Crippen molar-refractivity contribution in [2.45, 2.75) is 25.8 Å². The molecule has 0 radical (unpaired) electrons. The Morgan fingerprint density at radius 1 is 1.33 bits per heavy atom. The third-order valence-corrected chi connectivity index (χ3v) is 3.16. The maximum absolute atomic E-state index is 5.66. The fourth-order valence-corrected chi connectivity index (χ4v) is 2.23. The molecule has 96 valence electrons. The maximum atomic E-state index is 5.66. The lowest BCUT2D eigenvalue weighted by Gasteiger charge is -2.16. The molecule has 2 aromatic rings. The van der Waals surface area contributed by atoms with Crippen LogP contribution in [0.2, 0.25) is 0 Å². The monoisotopic (exact) mass is 244 g/mol. The van der Waals surface area contributed by atoms with Gasteiger partial charge in [-0.05, 0) is 31.4 Å². The van der Waals surface area contributed by atoms with E-state index in [1.165, 1.54) is 5.56 Å². The highest BCUT2D eigenvalue weighted by molar-refractivity contribution is 5.17. The molecule has 2 rings (SSSR count). The SMILES string of the molecule is Cc1cc(C(CCc2ccccc2)NN)n(C)n1. The summed E-state index contributed by atoms with van der Waals surface area (Å²) in [6, 6.07) is 12.7. The van der Waals surface area contributed by atoms with Gasteiger partial charge >= 0.3 is 0 Å². The van der Waals surface area contributed by atoms with Gasteiger partial charge in [-0.1, -0.05) is 30.3 Å². The van der Waals surface area contributed by atoms with E-state index in [1.54, 1.807) is 0 Å². The summed E-state index contributed by atoms with van der Waals surface area (Å²) in [6.07, 6.45) is 1.96. The molecular weight excluding hydrogens is 224 g/mol. The molecule has 3 N–H and O–H groups in total. The summed E-state index contributed by atoms with van der Waals surface area (Å²) >= 11 is 0. The second-order valence-electron chi connectivity index (χ2n) is 4.58. The van der Waals surface area contributed by atoms with Crippen LogP contribution in [0.1, 0.15) is 29.4 Å². The number of hydrogen-bond donors (Lipinski definition) is 2. The van der Waals surface area contributed by atoms with Crippen LogP contribution in [0.15, 0.2) is 36.4 Å². The van der Waals surface area contributed by atoms with Crippen LogP contribution >= 0.6 is 0 Å². The van der Waals surface area contributed by atoms with Gasteiger partial charge in [0.05, 0.1) is 17.4 Å². The van der Waals surface area contributed by atoms with Gasteiger partial charge in [0.1, 0.15) is 0 Å². The highest BCUT2D eigenvalue weighted by Crippen LogP contribution is 2.18. The first kappa shape index (κ1) is 12.8. The van der Waals surface area contributed by atoms with Crippen LogP contribution in [0.5, 0.6) is 0 Å². The first-order valence-electron chi connectivity index (χ1n) is 6.21. The van der Waals surface area contributed by atoms with E-state index in [4.69, 9.17) is 5.84 Å². The molecule has 18 heavy (non-hydrogen) atoms. The van der Waals surface area contributed by atoms with E-state index in [0.29, 0.717) is 0 Å². The van der Waals surface area contributed by atoms with Gasteiger partial charge in [-0.2, -0.15) is 5.10 Å². The van der Waals surface area contributed by atoms with Crippen LogP contribution in [-0.2, 0) is 13.5 Å². The van der Waals surface area contributed by atoms with Gasteiger partial charge in [-0.3, -0.25) is 16.0 Å². The third kappa shape index (κ3) is 2.97. The molecule has 4 nitrogen and oxygen atoms in total. The van der Waals surface area contributed by atoms with Crippen molar-refractivity contribution in [1.82, 2.24) is 15.2 Å². The summed E-state index contributed by atoms with van der Waals surface area (Å²) < 4.78 is 1.89. The van der Waals surface area contributed by atoms with Crippen LogP contribution in [-0.4, -0.2) is 9.78 Å². The summed E-state index contributed by atoms with van der Waals surface area (Å²) in [5.41, 5.74) is 6.36. The molecule has 0 fully saturated rings. The Labute approximate surface area is 108 Å². The minimum Gasteiger partial charge on any atom is -0.271 e. The molecule has 1 atom stereocenters. The summed E-state index contributed by atoms with van der Waals surface area (Å²) in [7, 11) is 1.95. The standard InChI is InChI=1S/C14H20N4/c1-11-10-14(18(2)17-11)13(16-15)9-8-12-6-4-3-5-7-12/h3-7,10,13,16H,8-9,15H2,1-2H3. The Balaban J connectivity index is 2.04. The zero-order valence-electron chi connectivity index (χ0n) is 10.9. The number of aromatic nitrogens is 2. The highest BCUT2D eigenvalue weighted by Gasteiger charge is 2.14. The van der Waals surface area contributed by atoms with Crippen LogP contribution in [0, 0.1) is 6.92 Å². The second-order valence-corrected chi connectivity index (χ2v) is 4.58. The number of nitrogens with one attached hydrogen (secondary N) is 1. The zero-order valence-corrected chi connectivity index (χ0v) is 10.9. The molecule has 0 saturated carbocycles. The number of rotatable bonds is 5. The molecular formula is C14H20N4. The lowest BCUT2D eigenvalue weighted by molar-refractivity contribution is 0.480. The van der Waals surface area contributed by atoms with Gasteiger partial charge in [0.25, 0.3) is 0 Å². The summed E-state index contributed by atoms with van der Waals surface area (Å²) in [6.45, 7) is 1.99. The summed E-state index contributed by atoms with van der Waals surface area (Å²) in [4.78, 5) is 0. The number of hydrogen-bond acceptors (Lipinski definition) is 3. The molecule has 0 amide bonds. The molecule has 1 heterocycles. The highest BCUT2D eigenvalue weighted by atomic mass is 15.3. The Morgan fingerprint density at radius 2 is 2.06 bits per heavy atom. The van der Waals surface area contributed by atoms with Crippen molar-refractivity contribution in [3.63, 3.8) is 0 Å². The second kappa shape index (κ2) is 5.80. The number of benzene rings is 1. The van der Waals surface area contributed by atoms with Crippen molar-refractivity contribution in [3.8, 4) is 0 Å². The molecule has 0 aliphatic carbocycles. The molecule has 0 aliphatic rings. The Kier molecular flexibility index (Phi) is 4.12. The largest absolute Gasteiger partial charge is 0.271 e. The average molecular weight is 244 g/mol. The number of hydrazine groups is 1. The lowest BCUT2D eigenvalue weighted by Crippen LogP contribution is -2.30. The van der Waals surface area contributed by atoms with E-state index >= 15 is 0 Å². The van der Waals surface area contributed by atoms with E-state index in [1.807, 2.05) is 24.7 Å². The summed E-state index contributed by atoms with van der Waals surface area (Å²) in [5, 5.41) is 4.36. The van der Waals surface area contributed by atoms with Gasteiger partial charge < -0.3 is 0 Å². The van der Waals surface area contributed by atoms with E-state index < -0.39 is 0 Å². The van der Waals surface area contributed by atoms with Crippen molar-refractivity contribution in [2.24, 2.45) is 12.9 Å². The maximum Gasteiger partial charge on any atom is 0.0632 e. The molecule has 4 heteroatoms. The Bertz CT molecular complexity index is 490. The first-order chi connectivity index (χ1) is 8.70. The van der Waals surface area contributed by atoms with Gasteiger partial charge in [-0.25, -0.2) is 0 Å². The van der Waals surface area contributed by atoms with Crippen molar-refractivity contribution in [1.29, 1.82) is 0 Å². The third-order valence-electron chi connectivity index (χ3n) is 3.16. The average Bonchev–Trinajstić information content (AvgIpc) is 2.71. The smallest absolute Gasteiger partial charge is 0.0632 e. The van der Waals surface area contributed by atoms with Crippen molar-refractivity contribution in [3.05, 3.63) is 53.3 Å². The molecule has 1 unspecified atom stereocenters. The molecule has 1 aromatic heterocycles. The van der Waals surface area contributed by atoms with Crippen molar-refractivity contribution >= 4 is 0 Å². The van der Waals surface area contributed by atoms with E-state index in [0.717, 1.165) is 24.2 Å². The normalized spacial score (nSPS) is 12.6. The zero-order chi connectivity index (χ0) is 13.0. The van der Waals surface area contributed by atoms with Crippen LogP contribution in [0.25, 0.3) is 0 Å². The van der Waals surface area contributed by atoms with Gasteiger partial charge in [0, 0.05) is 7.05 Å². The molecule has 0 bridgehead atoms. The fourth-order valence-electron chi connectivity index (χ4n) is 2.23. The predicted molar refractivity (Wildman–Crippen MR) is 72.8 cm³/mol. The molecule has 0 spiro atoms. The van der Waals surface area contributed by atoms with E-state index in [-0.39, 0.29) is 6.04 Å². The van der Waals surface area contributed by atoms with Crippen LogP contribution < -0.4 is 11.3 Å². The lowest BCUT2D eigenvalue weighted by atomic mass is 10.0. The molecule has 1 aromatic carbocycles. The minimum absolute atomic E-state index is 0.136. The van der Waals surface area contributed by atoms with Crippen molar-refractivity contribution in [2.75, 3.05) is 0 Å². The topological polar surface area (TPSA) is 55.9 Å². The minimum atomic E-state index is 0.136. The summed E-state index contributed by atoms with van der Waals surface area (Å²) in [5.74, 6) is 5.66. The number of nitrogens with zero attached hydrogens (tertiary/aromatic N) is 2. The molecule has 0 saturated heterocycles. The van der Waals surface area contributed by atoms with E-state index in [9.17, 15) is 0 Å². The first-order valence-corrected chi connectivity index (χ1v) is 6.21. The van der Waals surface area contributed by atoms with Crippen LogP contribution in [0.4, 0.5) is 0 Å². The van der Waals surface area contributed by atoms with Gasteiger partial charge in [-0.15, -0.1) is 0 Å². The number of nitrogens with two attached hydrogens (primary N) is 1. The van der Waals surface area contributed by atoms with E-state index in [2.05, 4.69) is 40.9 Å². The van der Waals surface area contributed by atoms with Gasteiger partial charge in [0.15, 0.2) is 0 Å². The Morgan fingerprint density at radius 3 is 2.61 bits per heavy atom. The van der Waals surface area contributed by atoms with Gasteiger partial charge in [0.2, 0.25) is 0 Å².